The van der Waals surface area contributed by atoms with E-state index in [2.05, 4.69) is 82.1 Å². The molecule has 0 fully saturated rings. The van der Waals surface area contributed by atoms with Gasteiger partial charge in [-0.15, -0.1) is 0 Å². The number of H-pyrrole nitrogens is 1. The van der Waals surface area contributed by atoms with Gasteiger partial charge in [0.05, 0.1) is 5.69 Å². The van der Waals surface area contributed by atoms with Crippen molar-refractivity contribution in [2.75, 3.05) is 0 Å². The van der Waals surface area contributed by atoms with E-state index in [1.165, 1.54) is 38.8 Å². The molecule has 0 unspecified atom stereocenters. The number of aryl methyl sites for hydroxylation is 5. The van der Waals surface area contributed by atoms with E-state index in [1.807, 2.05) is 0 Å². The predicted molar refractivity (Wildman–Crippen MR) is 105 cm³/mol. The summed E-state index contributed by atoms with van der Waals surface area (Å²) in [7, 11) is 0. The van der Waals surface area contributed by atoms with Crippen LogP contribution in [0.25, 0.3) is 33.7 Å². The number of hydrogen-bond acceptors (Lipinski definition) is 1. The van der Waals surface area contributed by atoms with Crippen LogP contribution >= 0.6 is 0 Å². The largest absolute Gasteiger partial charge is 0.454 e. The van der Waals surface area contributed by atoms with Gasteiger partial charge in [0.1, 0.15) is 5.58 Å². The molecule has 1 N–H and O–H groups in total. The molecule has 2 nitrogen and oxygen atoms in total. The predicted octanol–water partition coefficient (Wildman–Crippen LogP) is 6.64. The molecule has 0 bridgehead atoms. The molecule has 0 aliphatic heterocycles. The topological polar surface area (TPSA) is 28.9 Å². The van der Waals surface area contributed by atoms with Gasteiger partial charge in [0, 0.05) is 16.6 Å². The molecule has 2 aromatic heterocycles. The van der Waals surface area contributed by atoms with Gasteiger partial charge < -0.3 is 9.40 Å². The number of aromatic nitrogens is 1. The molecule has 4 aromatic rings. The Bertz CT molecular complexity index is 1080. The van der Waals surface area contributed by atoms with E-state index in [0.717, 1.165) is 22.7 Å². The number of fused-ring (bicyclic) bond motifs is 1. The first-order valence-corrected chi connectivity index (χ1v) is 8.72. The van der Waals surface area contributed by atoms with Crippen LogP contribution in [0.2, 0.25) is 0 Å². The highest BCUT2D eigenvalue weighted by atomic mass is 16.3. The van der Waals surface area contributed by atoms with Gasteiger partial charge in [0.25, 0.3) is 0 Å². The second-order valence-electron chi connectivity index (χ2n) is 7.05. The van der Waals surface area contributed by atoms with E-state index in [-0.39, 0.29) is 0 Å². The zero-order valence-electron chi connectivity index (χ0n) is 15.4. The fraction of sp³-hybridized carbons (Fsp3) is 0.217. The summed E-state index contributed by atoms with van der Waals surface area (Å²) >= 11 is 0. The molecule has 2 aromatic carbocycles. The summed E-state index contributed by atoms with van der Waals surface area (Å²) in [6.07, 6.45) is 0. The summed E-state index contributed by atoms with van der Waals surface area (Å²) in [6, 6.07) is 15.0. The maximum Gasteiger partial charge on any atom is 0.154 e. The Morgan fingerprint density at radius 3 is 2.12 bits per heavy atom. The van der Waals surface area contributed by atoms with Gasteiger partial charge in [0.15, 0.2) is 5.76 Å². The van der Waals surface area contributed by atoms with Crippen LogP contribution < -0.4 is 0 Å². The molecular weight excluding hydrogens is 306 g/mol. The number of rotatable bonds is 2. The molecule has 0 saturated heterocycles. The monoisotopic (exact) mass is 329 g/mol. The number of aromatic amines is 1. The third-order valence-electron chi connectivity index (χ3n) is 5.20. The van der Waals surface area contributed by atoms with Crippen LogP contribution in [0.1, 0.15) is 27.8 Å². The summed E-state index contributed by atoms with van der Waals surface area (Å²) in [5.74, 6) is 0.935. The van der Waals surface area contributed by atoms with Crippen molar-refractivity contribution < 1.29 is 4.42 Å². The number of benzene rings is 2. The molecule has 0 aliphatic rings. The first-order chi connectivity index (χ1) is 12.0. The van der Waals surface area contributed by atoms with Crippen molar-refractivity contribution in [2.45, 2.75) is 34.6 Å². The molecule has 0 spiro atoms. The average Bonchev–Trinajstić information content (AvgIpc) is 3.18. The van der Waals surface area contributed by atoms with E-state index >= 15 is 0 Å². The van der Waals surface area contributed by atoms with Crippen LogP contribution in [0, 0.1) is 34.6 Å². The van der Waals surface area contributed by atoms with Crippen LogP contribution in [0.5, 0.6) is 0 Å². The SMILES string of the molecule is Cc1ccc(-c2ccc(-c3oc4c(C)cc(C)c(C)c4c3C)[nH]2)cc1. The number of hydrogen-bond donors (Lipinski definition) is 1. The lowest BCUT2D eigenvalue weighted by Gasteiger charge is -2.04. The minimum atomic E-state index is 0.935. The molecule has 0 aliphatic carbocycles. The average molecular weight is 329 g/mol. The van der Waals surface area contributed by atoms with E-state index in [1.54, 1.807) is 0 Å². The molecule has 2 heterocycles. The van der Waals surface area contributed by atoms with E-state index < -0.39 is 0 Å². The molecule has 126 valence electrons. The minimum Gasteiger partial charge on any atom is -0.454 e. The van der Waals surface area contributed by atoms with Crippen LogP contribution in [0.3, 0.4) is 0 Å². The molecule has 4 rings (SSSR count). The van der Waals surface area contributed by atoms with Gasteiger partial charge in [-0.2, -0.15) is 0 Å². The maximum absolute atomic E-state index is 6.29. The number of nitrogens with one attached hydrogen (secondary N) is 1. The summed E-state index contributed by atoms with van der Waals surface area (Å²) in [4.78, 5) is 3.53. The molecule has 0 amide bonds. The normalized spacial score (nSPS) is 11.4. The molecular formula is C23H23NO. The van der Waals surface area contributed by atoms with Crippen LogP contribution in [0.15, 0.2) is 46.9 Å². The zero-order chi connectivity index (χ0) is 17.7. The maximum atomic E-state index is 6.29. The van der Waals surface area contributed by atoms with Gasteiger partial charge in [-0.25, -0.2) is 0 Å². The zero-order valence-corrected chi connectivity index (χ0v) is 15.4. The Kier molecular flexibility index (Phi) is 3.57. The van der Waals surface area contributed by atoms with Crippen molar-refractivity contribution in [1.82, 2.24) is 4.98 Å². The summed E-state index contributed by atoms with van der Waals surface area (Å²) in [5, 5.41) is 1.25. The third-order valence-corrected chi connectivity index (χ3v) is 5.20. The van der Waals surface area contributed by atoms with E-state index in [4.69, 9.17) is 4.42 Å². The lowest BCUT2D eigenvalue weighted by atomic mass is 9.99. The summed E-state index contributed by atoms with van der Waals surface area (Å²) in [5.41, 5.74) is 10.6. The Balaban J connectivity index is 1.86. The summed E-state index contributed by atoms with van der Waals surface area (Å²) in [6.45, 7) is 10.7. The smallest absolute Gasteiger partial charge is 0.154 e. The molecule has 2 heteroatoms. The Hall–Kier alpha value is -2.74. The Morgan fingerprint density at radius 2 is 1.40 bits per heavy atom. The second kappa shape index (κ2) is 5.66. The van der Waals surface area contributed by atoms with Crippen molar-refractivity contribution in [3.8, 4) is 22.7 Å². The van der Waals surface area contributed by atoms with E-state index in [9.17, 15) is 0 Å². The molecule has 0 saturated carbocycles. The van der Waals surface area contributed by atoms with Crippen molar-refractivity contribution in [3.05, 3.63) is 70.3 Å². The highest BCUT2D eigenvalue weighted by Gasteiger charge is 2.18. The van der Waals surface area contributed by atoms with Crippen molar-refractivity contribution in [2.24, 2.45) is 0 Å². The van der Waals surface area contributed by atoms with Gasteiger partial charge >= 0.3 is 0 Å². The minimum absolute atomic E-state index is 0.935. The van der Waals surface area contributed by atoms with E-state index in [0.29, 0.717) is 0 Å². The lowest BCUT2D eigenvalue weighted by Crippen LogP contribution is -1.86. The van der Waals surface area contributed by atoms with Crippen LogP contribution in [-0.2, 0) is 0 Å². The van der Waals surface area contributed by atoms with Crippen molar-refractivity contribution >= 4 is 11.0 Å². The van der Waals surface area contributed by atoms with Gasteiger partial charge in [-0.1, -0.05) is 35.9 Å². The summed E-state index contributed by atoms with van der Waals surface area (Å²) < 4.78 is 6.29. The molecule has 25 heavy (non-hydrogen) atoms. The highest BCUT2D eigenvalue weighted by molar-refractivity contribution is 5.92. The van der Waals surface area contributed by atoms with Gasteiger partial charge in [0.2, 0.25) is 0 Å². The molecule has 0 radical (unpaired) electrons. The lowest BCUT2D eigenvalue weighted by molar-refractivity contribution is 0.624. The highest BCUT2D eigenvalue weighted by Crippen LogP contribution is 2.37. The van der Waals surface area contributed by atoms with Crippen LogP contribution in [0.4, 0.5) is 0 Å². The van der Waals surface area contributed by atoms with Gasteiger partial charge in [-0.05, 0) is 69.0 Å². The Labute approximate surface area is 148 Å². The first kappa shape index (κ1) is 15.8. The number of furan rings is 1. The second-order valence-corrected chi connectivity index (χ2v) is 7.05. The fourth-order valence-corrected chi connectivity index (χ4v) is 3.62. The standard InChI is InChI=1S/C23H23NO/c1-13-6-8-18(9-7-13)19-10-11-20(24-19)23-17(5)21-16(4)14(2)12-15(3)22(21)25-23/h6-12,24H,1-5H3. The van der Waals surface area contributed by atoms with Crippen molar-refractivity contribution in [3.63, 3.8) is 0 Å². The fourth-order valence-electron chi connectivity index (χ4n) is 3.62. The quantitative estimate of drug-likeness (QED) is 0.439. The third kappa shape index (κ3) is 2.49. The Morgan fingerprint density at radius 1 is 0.720 bits per heavy atom. The molecule has 0 atom stereocenters. The van der Waals surface area contributed by atoms with Crippen molar-refractivity contribution in [1.29, 1.82) is 0 Å². The van der Waals surface area contributed by atoms with Gasteiger partial charge in [-0.3, -0.25) is 0 Å². The first-order valence-electron chi connectivity index (χ1n) is 8.72. The van der Waals surface area contributed by atoms with Crippen LogP contribution in [-0.4, -0.2) is 4.98 Å².